The second-order valence-electron chi connectivity index (χ2n) is 4.99. The summed E-state index contributed by atoms with van der Waals surface area (Å²) in [4.78, 5) is 1.21. The lowest BCUT2D eigenvalue weighted by Crippen LogP contribution is -2.01. The number of hydrogen-bond acceptors (Lipinski definition) is 3. The second-order valence-corrected chi connectivity index (χ2v) is 6.13. The molecule has 0 amide bonds. The molecule has 0 saturated heterocycles. The molecule has 3 rings (SSSR count). The Hall–Kier alpha value is -1.84. The molecule has 3 heteroatoms. The van der Waals surface area contributed by atoms with E-state index in [1.54, 1.807) is 11.3 Å². The monoisotopic (exact) mass is 297 g/mol. The first-order valence-electron chi connectivity index (χ1n) is 7.23. The number of hydrogen-bond donors (Lipinski definition) is 1. The predicted octanol–water partition coefficient (Wildman–Crippen LogP) is 4.50. The van der Waals surface area contributed by atoms with Gasteiger partial charge in [0.15, 0.2) is 0 Å². The SMILES string of the molecule is CCc1ccc(OCc2c(CN)sc3ccccc23)cc1. The first-order chi connectivity index (χ1) is 10.3. The number of fused-ring (bicyclic) bond motifs is 1. The van der Waals surface area contributed by atoms with E-state index in [1.807, 2.05) is 12.1 Å². The van der Waals surface area contributed by atoms with E-state index in [0.717, 1.165) is 12.2 Å². The molecule has 1 aromatic heterocycles. The minimum absolute atomic E-state index is 0.562. The Bertz CT molecular complexity index is 731. The number of ether oxygens (including phenoxy) is 1. The molecule has 108 valence electrons. The zero-order valence-electron chi connectivity index (χ0n) is 12.1. The lowest BCUT2D eigenvalue weighted by molar-refractivity contribution is 0.307. The highest BCUT2D eigenvalue weighted by atomic mass is 32.1. The van der Waals surface area contributed by atoms with Crippen LogP contribution in [0.2, 0.25) is 0 Å². The molecule has 3 aromatic rings. The molecule has 1 heterocycles. The van der Waals surface area contributed by atoms with Gasteiger partial charge in [-0.15, -0.1) is 11.3 Å². The number of aryl methyl sites for hydroxylation is 1. The zero-order chi connectivity index (χ0) is 14.7. The summed E-state index contributed by atoms with van der Waals surface area (Å²) >= 11 is 1.76. The summed E-state index contributed by atoms with van der Waals surface area (Å²) in [5, 5.41) is 1.26. The van der Waals surface area contributed by atoms with Crippen LogP contribution in [-0.4, -0.2) is 0 Å². The van der Waals surface area contributed by atoms with Crippen LogP contribution in [0.25, 0.3) is 10.1 Å². The van der Waals surface area contributed by atoms with E-state index in [-0.39, 0.29) is 0 Å². The van der Waals surface area contributed by atoms with Gasteiger partial charge in [-0.25, -0.2) is 0 Å². The van der Waals surface area contributed by atoms with Gasteiger partial charge in [0.2, 0.25) is 0 Å². The molecule has 0 spiro atoms. The molecular formula is C18H19NOS. The third kappa shape index (κ3) is 2.94. The number of benzene rings is 2. The van der Waals surface area contributed by atoms with Gasteiger partial charge in [0.05, 0.1) is 0 Å². The molecule has 2 aromatic carbocycles. The predicted molar refractivity (Wildman–Crippen MR) is 89.9 cm³/mol. The van der Waals surface area contributed by atoms with Crippen LogP contribution >= 0.6 is 11.3 Å². The van der Waals surface area contributed by atoms with Gasteiger partial charge in [0.25, 0.3) is 0 Å². The van der Waals surface area contributed by atoms with Crippen LogP contribution in [-0.2, 0) is 19.6 Å². The van der Waals surface area contributed by atoms with E-state index < -0.39 is 0 Å². The van der Waals surface area contributed by atoms with Crippen LogP contribution in [0.3, 0.4) is 0 Å². The molecule has 21 heavy (non-hydrogen) atoms. The molecular weight excluding hydrogens is 278 g/mol. The van der Waals surface area contributed by atoms with Crippen molar-refractivity contribution >= 4 is 21.4 Å². The van der Waals surface area contributed by atoms with Crippen LogP contribution in [0.5, 0.6) is 5.75 Å². The minimum Gasteiger partial charge on any atom is -0.489 e. The van der Waals surface area contributed by atoms with E-state index in [2.05, 4.69) is 43.3 Å². The Balaban J connectivity index is 1.83. The summed E-state index contributed by atoms with van der Waals surface area (Å²) in [7, 11) is 0. The maximum absolute atomic E-state index is 5.95. The van der Waals surface area contributed by atoms with Crippen molar-refractivity contribution in [1.82, 2.24) is 0 Å². The van der Waals surface area contributed by atoms with Crippen LogP contribution < -0.4 is 10.5 Å². The van der Waals surface area contributed by atoms with Gasteiger partial charge >= 0.3 is 0 Å². The summed E-state index contributed by atoms with van der Waals surface area (Å²) in [6, 6.07) is 16.7. The summed E-state index contributed by atoms with van der Waals surface area (Å²) in [5.41, 5.74) is 8.42. The molecule has 2 nitrogen and oxygen atoms in total. The largest absolute Gasteiger partial charge is 0.489 e. The van der Waals surface area contributed by atoms with Crippen molar-refractivity contribution in [3.05, 3.63) is 64.5 Å². The lowest BCUT2D eigenvalue weighted by atomic mass is 10.1. The fraction of sp³-hybridized carbons (Fsp3) is 0.222. The Kier molecular flexibility index (Phi) is 4.23. The summed E-state index contributed by atoms with van der Waals surface area (Å²) in [5.74, 6) is 0.908. The van der Waals surface area contributed by atoms with Gasteiger partial charge in [-0.05, 0) is 35.6 Å². The van der Waals surface area contributed by atoms with Crippen molar-refractivity contribution in [2.75, 3.05) is 0 Å². The number of rotatable bonds is 5. The van der Waals surface area contributed by atoms with E-state index in [9.17, 15) is 0 Å². The Labute approximate surface area is 129 Å². The minimum atomic E-state index is 0.562. The maximum Gasteiger partial charge on any atom is 0.119 e. The normalized spacial score (nSPS) is 11.0. The maximum atomic E-state index is 5.95. The Morgan fingerprint density at radius 2 is 1.81 bits per heavy atom. The number of nitrogens with two attached hydrogens (primary N) is 1. The Morgan fingerprint density at radius 1 is 1.05 bits per heavy atom. The zero-order valence-corrected chi connectivity index (χ0v) is 13.0. The highest BCUT2D eigenvalue weighted by molar-refractivity contribution is 7.19. The molecule has 0 unspecified atom stereocenters. The third-order valence-corrected chi connectivity index (χ3v) is 4.92. The van der Waals surface area contributed by atoms with Gasteiger partial charge in [-0.1, -0.05) is 37.3 Å². The van der Waals surface area contributed by atoms with Crippen LogP contribution in [0, 0.1) is 0 Å². The van der Waals surface area contributed by atoms with Gasteiger partial charge in [0, 0.05) is 21.7 Å². The molecule has 0 atom stereocenters. The van der Waals surface area contributed by atoms with Crippen molar-refractivity contribution in [3.8, 4) is 5.75 Å². The first kappa shape index (κ1) is 14.1. The highest BCUT2D eigenvalue weighted by Gasteiger charge is 2.11. The molecule has 2 N–H and O–H groups in total. The second kappa shape index (κ2) is 6.29. The van der Waals surface area contributed by atoms with Crippen molar-refractivity contribution in [3.63, 3.8) is 0 Å². The van der Waals surface area contributed by atoms with Gasteiger partial charge in [0.1, 0.15) is 12.4 Å². The van der Waals surface area contributed by atoms with Crippen LogP contribution in [0.4, 0.5) is 0 Å². The van der Waals surface area contributed by atoms with Crippen LogP contribution in [0.15, 0.2) is 48.5 Å². The smallest absolute Gasteiger partial charge is 0.119 e. The average Bonchev–Trinajstić information content (AvgIpc) is 2.91. The molecule has 0 fully saturated rings. The van der Waals surface area contributed by atoms with E-state index in [1.165, 1.54) is 26.1 Å². The topological polar surface area (TPSA) is 35.2 Å². The van der Waals surface area contributed by atoms with E-state index in [4.69, 9.17) is 10.5 Å². The Morgan fingerprint density at radius 3 is 2.52 bits per heavy atom. The molecule has 0 bridgehead atoms. The summed E-state index contributed by atoms with van der Waals surface area (Å²) < 4.78 is 7.23. The standard InChI is InChI=1S/C18H19NOS/c1-2-13-7-9-14(10-8-13)20-12-16-15-5-3-4-6-17(15)21-18(16)11-19/h3-10H,2,11-12,19H2,1H3. The molecule has 0 aliphatic carbocycles. The highest BCUT2D eigenvalue weighted by Crippen LogP contribution is 2.31. The molecule has 0 radical (unpaired) electrons. The fourth-order valence-electron chi connectivity index (χ4n) is 2.45. The van der Waals surface area contributed by atoms with Crippen molar-refractivity contribution in [2.45, 2.75) is 26.5 Å². The third-order valence-electron chi connectivity index (χ3n) is 3.68. The van der Waals surface area contributed by atoms with Crippen LogP contribution in [0.1, 0.15) is 22.9 Å². The fourth-order valence-corrected chi connectivity index (χ4v) is 3.54. The average molecular weight is 297 g/mol. The molecule has 0 aliphatic heterocycles. The number of thiophene rings is 1. The summed E-state index contributed by atoms with van der Waals surface area (Å²) in [6.45, 7) is 3.29. The van der Waals surface area contributed by atoms with E-state index in [0.29, 0.717) is 13.2 Å². The quantitative estimate of drug-likeness (QED) is 0.752. The van der Waals surface area contributed by atoms with Gasteiger partial charge in [-0.2, -0.15) is 0 Å². The molecule has 0 saturated carbocycles. The molecule has 0 aliphatic rings. The lowest BCUT2D eigenvalue weighted by Gasteiger charge is -2.08. The van der Waals surface area contributed by atoms with Crippen molar-refractivity contribution in [1.29, 1.82) is 0 Å². The van der Waals surface area contributed by atoms with Gasteiger partial charge < -0.3 is 10.5 Å². The van der Waals surface area contributed by atoms with E-state index >= 15 is 0 Å². The summed E-state index contributed by atoms with van der Waals surface area (Å²) in [6.07, 6.45) is 1.05. The van der Waals surface area contributed by atoms with Gasteiger partial charge in [-0.3, -0.25) is 0 Å². The van der Waals surface area contributed by atoms with Crippen molar-refractivity contribution in [2.24, 2.45) is 5.73 Å². The van der Waals surface area contributed by atoms with Crippen molar-refractivity contribution < 1.29 is 4.74 Å². The first-order valence-corrected chi connectivity index (χ1v) is 8.04.